The van der Waals surface area contributed by atoms with Gasteiger partial charge in [0.2, 0.25) is 0 Å². The number of hydrogen-bond donors (Lipinski definition) is 1. The second-order valence-electron chi connectivity index (χ2n) is 8.16. The van der Waals surface area contributed by atoms with Gasteiger partial charge in [-0.15, -0.1) is 0 Å². The summed E-state index contributed by atoms with van der Waals surface area (Å²) < 4.78 is 5.30. The van der Waals surface area contributed by atoms with Crippen LogP contribution in [-0.2, 0) is 14.3 Å². The molecule has 124 valence electrons. The van der Waals surface area contributed by atoms with Crippen LogP contribution in [0.15, 0.2) is 22.8 Å². The van der Waals surface area contributed by atoms with E-state index in [1.165, 1.54) is 5.57 Å². The van der Waals surface area contributed by atoms with E-state index >= 15 is 0 Å². The Hall–Kier alpha value is -1.58. The van der Waals surface area contributed by atoms with Gasteiger partial charge in [0.25, 0.3) is 0 Å². The molecule has 3 aliphatic carbocycles. The Morgan fingerprint density at radius 3 is 2.83 bits per heavy atom. The van der Waals surface area contributed by atoms with Crippen LogP contribution in [0.2, 0.25) is 0 Å². The van der Waals surface area contributed by atoms with Gasteiger partial charge < -0.3 is 9.84 Å². The van der Waals surface area contributed by atoms with E-state index in [2.05, 4.69) is 13.8 Å². The zero-order valence-corrected chi connectivity index (χ0v) is 13.9. The number of carboxylic acid groups (broad SMARTS) is 1. The van der Waals surface area contributed by atoms with Gasteiger partial charge in [-0.1, -0.05) is 19.9 Å². The van der Waals surface area contributed by atoms with Gasteiger partial charge in [-0.05, 0) is 61.3 Å². The maximum absolute atomic E-state index is 12.2. The Bertz CT molecular complexity index is 658. The van der Waals surface area contributed by atoms with Crippen LogP contribution in [0.4, 0.5) is 0 Å². The first kappa shape index (κ1) is 15.0. The largest absolute Gasteiger partial charge is 0.478 e. The second kappa shape index (κ2) is 4.71. The van der Waals surface area contributed by atoms with Crippen molar-refractivity contribution in [2.24, 2.45) is 22.7 Å². The quantitative estimate of drug-likeness (QED) is 0.752. The van der Waals surface area contributed by atoms with Gasteiger partial charge in [0.15, 0.2) is 0 Å². The fraction of sp³-hybridized carbons (Fsp3) is 0.684. The van der Waals surface area contributed by atoms with Crippen molar-refractivity contribution in [3.8, 4) is 0 Å². The van der Waals surface area contributed by atoms with Gasteiger partial charge in [-0.2, -0.15) is 0 Å². The number of allylic oxidation sites excluding steroid dienone is 1. The van der Waals surface area contributed by atoms with Gasteiger partial charge >= 0.3 is 11.9 Å². The van der Waals surface area contributed by atoms with Gasteiger partial charge in [0, 0.05) is 16.6 Å². The summed E-state index contributed by atoms with van der Waals surface area (Å²) in [4.78, 5) is 24.0. The predicted molar refractivity (Wildman–Crippen MR) is 84.6 cm³/mol. The standard InChI is InChI=1S/C19H24O4/c1-18-8-6-11-10-23-17(22)15(11)12(18)7-9-19(2)13(16(20)21)4-3-5-14(18)19/h4,12,14H,3,5-10H2,1-2H3,(H,20,21). The number of aliphatic carboxylic acids is 1. The molecule has 1 heterocycles. The molecule has 1 saturated carbocycles. The lowest BCUT2D eigenvalue weighted by Gasteiger charge is -2.59. The van der Waals surface area contributed by atoms with E-state index in [0.717, 1.165) is 44.1 Å². The van der Waals surface area contributed by atoms with E-state index in [1.807, 2.05) is 6.08 Å². The second-order valence-corrected chi connectivity index (χ2v) is 8.16. The highest BCUT2D eigenvalue weighted by Gasteiger charge is 2.59. The summed E-state index contributed by atoms with van der Waals surface area (Å²) in [7, 11) is 0. The van der Waals surface area contributed by atoms with Crippen molar-refractivity contribution in [3.05, 3.63) is 22.8 Å². The molecule has 0 radical (unpaired) electrons. The first-order valence-electron chi connectivity index (χ1n) is 8.71. The van der Waals surface area contributed by atoms with E-state index in [4.69, 9.17) is 4.74 Å². The van der Waals surface area contributed by atoms with Gasteiger partial charge in [0.1, 0.15) is 6.61 Å². The summed E-state index contributed by atoms with van der Waals surface area (Å²) in [5.41, 5.74) is 2.47. The molecular weight excluding hydrogens is 292 g/mol. The van der Waals surface area contributed by atoms with E-state index < -0.39 is 5.97 Å². The maximum atomic E-state index is 12.2. The summed E-state index contributed by atoms with van der Waals surface area (Å²) in [6.07, 6.45) is 7.49. The van der Waals surface area contributed by atoms with Gasteiger partial charge in [-0.3, -0.25) is 0 Å². The summed E-state index contributed by atoms with van der Waals surface area (Å²) in [5.74, 6) is -0.320. The van der Waals surface area contributed by atoms with Crippen molar-refractivity contribution < 1.29 is 19.4 Å². The molecule has 0 aromatic rings. The van der Waals surface area contributed by atoms with Crippen molar-refractivity contribution in [3.63, 3.8) is 0 Å². The molecule has 1 fully saturated rings. The molecule has 1 aliphatic heterocycles. The minimum Gasteiger partial charge on any atom is -0.478 e. The predicted octanol–water partition coefficient (Wildman–Crippen LogP) is 3.48. The Morgan fingerprint density at radius 2 is 2.09 bits per heavy atom. The van der Waals surface area contributed by atoms with Crippen LogP contribution < -0.4 is 0 Å². The minimum atomic E-state index is -0.768. The van der Waals surface area contributed by atoms with Crippen LogP contribution in [0.5, 0.6) is 0 Å². The average molecular weight is 316 g/mol. The molecule has 4 nitrogen and oxygen atoms in total. The van der Waals surface area contributed by atoms with E-state index in [1.54, 1.807) is 0 Å². The SMILES string of the molecule is CC12CCC3C4=C(CCC3(C)C1CCC=C2C(=O)O)COC4=O. The zero-order valence-electron chi connectivity index (χ0n) is 13.9. The van der Waals surface area contributed by atoms with E-state index in [-0.39, 0.29) is 22.7 Å². The number of cyclic esters (lactones) is 1. The highest BCUT2D eigenvalue weighted by Crippen LogP contribution is 2.65. The number of esters is 1. The zero-order chi connectivity index (χ0) is 16.4. The molecule has 0 aromatic carbocycles. The molecule has 0 amide bonds. The molecule has 4 unspecified atom stereocenters. The molecule has 4 heteroatoms. The third-order valence-electron chi connectivity index (χ3n) is 7.26. The summed E-state index contributed by atoms with van der Waals surface area (Å²) in [6.45, 7) is 4.90. The third-order valence-corrected chi connectivity index (χ3v) is 7.26. The van der Waals surface area contributed by atoms with Gasteiger partial charge in [-0.25, -0.2) is 9.59 Å². The number of carbonyl (C=O) groups excluding carboxylic acids is 1. The monoisotopic (exact) mass is 316 g/mol. The van der Waals surface area contributed by atoms with Crippen molar-refractivity contribution in [2.45, 2.75) is 52.4 Å². The first-order chi connectivity index (χ1) is 10.9. The number of hydrogen-bond acceptors (Lipinski definition) is 3. The first-order valence-corrected chi connectivity index (χ1v) is 8.71. The summed E-state index contributed by atoms with van der Waals surface area (Å²) in [6, 6.07) is 0. The van der Waals surface area contributed by atoms with Crippen LogP contribution in [0.1, 0.15) is 52.4 Å². The molecular formula is C19H24O4. The molecule has 1 N–H and O–H groups in total. The van der Waals surface area contributed by atoms with Crippen molar-refractivity contribution in [2.75, 3.05) is 6.61 Å². The van der Waals surface area contributed by atoms with Crippen LogP contribution in [0.3, 0.4) is 0 Å². The maximum Gasteiger partial charge on any atom is 0.334 e. The number of rotatable bonds is 1. The fourth-order valence-electron chi connectivity index (χ4n) is 6.14. The van der Waals surface area contributed by atoms with Crippen molar-refractivity contribution in [1.29, 1.82) is 0 Å². The van der Waals surface area contributed by atoms with E-state index in [9.17, 15) is 14.7 Å². The van der Waals surface area contributed by atoms with Crippen LogP contribution >= 0.6 is 0 Å². The number of carbonyl (C=O) groups is 2. The molecule has 0 spiro atoms. The molecule has 4 atom stereocenters. The molecule has 0 saturated heterocycles. The lowest BCUT2D eigenvalue weighted by atomic mass is 9.44. The molecule has 0 aromatic heterocycles. The lowest BCUT2D eigenvalue weighted by molar-refractivity contribution is -0.140. The third kappa shape index (κ3) is 1.84. The Labute approximate surface area is 136 Å². The highest BCUT2D eigenvalue weighted by molar-refractivity contribution is 5.93. The van der Waals surface area contributed by atoms with Gasteiger partial charge in [0.05, 0.1) is 0 Å². The topological polar surface area (TPSA) is 63.6 Å². The lowest BCUT2D eigenvalue weighted by Crippen LogP contribution is -2.53. The Morgan fingerprint density at radius 1 is 1.30 bits per heavy atom. The molecule has 23 heavy (non-hydrogen) atoms. The number of ether oxygens (including phenoxy) is 1. The van der Waals surface area contributed by atoms with E-state index in [0.29, 0.717) is 18.1 Å². The Balaban J connectivity index is 1.78. The normalized spacial score (nSPS) is 42.3. The molecule has 4 rings (SSSR count). The number of carboxylic acids is 1. The smallest absolute Gasteiger partial charge is 0.334 e. The van der Waals surface area contributed by atoms with Crippen LogP contribution in [-0.4, -0.2) is 23.7 Å². The minimum absolute atomic E-state index is 0.00412. The fourth-order valence-corrected chi connectivity index (χ4v) is 6.14. The number of fused-ring (bicyclic) bond motifs is 4. The molecule has 0 bridgehead atoms. The van der Waals surface area contributed by atoms with Crippen LogP contribution in [0, 0.1) is 22.7 Å². The Kier molecular flexibility index (Phi) is 3.07. The molecule has 4 aliphatic rings. The summed E-state index contributed by atoms with van der Waals surface area (Å²) in [5, 5.41) is 9.66. The summed E-state index contributed by atoms with van der Waals surface area (Å²) >= 11 is 0. The van der Waals surface area contributed by atoms with Crippen molar-refractivity contribution >= 4 is 11.9 Å². The highest BCUT2D eigenvalue weighted by atomic mass is 16.5. The van der Waals surface area contributed by atoms with Crippen LogP contribution in [0.25, 0.3) is 0 Å². The average Bonchev–Trinajstić information content (AvgIpc) is 2.87. The van der Waals surface area contributed by atoms with Crippen molar-refractivity contribution in [1.82, 2.24) is 0 Å².